The van der Waals surface area contributed by atoms with E-state index in [-0.39, 0.29) is 12.5 Å². The lowest BCUT2D eigenvalue weighted by molar-refractivity contribution is 0.0953. The number of nitrogens with one attached hydrogen (secondary N) is 2. The van der Waals surface area contributed by atoms with E-state index < -0.39 is 0 Å². The van der Waals surface area contributed by atoms with Crippen molar-refractivity contribution >= 4 is 21.8 Å². The molecule has 0 spiro atoms. The molecule has 4 nitrogen and oxygen atoms in total. The van der Waals surface area contributed by atoms with E-state index in [0.29, 0.717) is 11.4 Å². The number of halogens is 1. The number of H-pyrrole nitrogens is 1. The monoisotopic (exact) mass is 303 g/mol. The molecule has 5 heteroatoms. The maximum atomic E-state index is 11.6. The number of aromatic nitrogens is 2. The summed E-state index contributed by atoms with van der Waals surface area (Å²) in [6.07, 6.45) is 5.07. The molecule has 2 N–H and O–H groups in total. The van der Waals surface area contributed by atoms with Gasteiger partial charge in [-0.15, -0.1) is 6.42 Å². The molecule has 2 rings (SSSR count). The Balaban J connectivity index is 2.18. The molecule has 0 unspecified atom stereocenters. The zero-order valence-corrected chi connectivity index (χ0v) is 11.0. The van der Waals surface area contributed by atoms with Gasteiger partial charge in [0, 0.05) is 10.0 Å². The van der Waals surface area contributed by atoms with Gasteiger partial charge in [0.05, 0.1) is 12.2 Å². The first-order chi connectivity index (χ1) is 8.70. The largest absolute Gasteiger partial charge is 0.340 e. The van der Waals surface area contributed by atoms with Gasteiger partial charge in [-0.25, -0.2) is 0 Å². The van der Waals surface area contributed by atoms with Crippen LogP contribution in [0.5, 0.6) is 0 Å². The van der Waals surface area contributed by atoms with Gasteiger partial charge in [0.25, 0.3) is 5.91 Å². The van der Waals surface area contributed by atoms with Crippen LogP contribution in [0.1, 0.15) is 10.5 Å². The smallest absolute Gasteiger partial charge is 0.270 e. The van der Waals surface area contributed by atoms with E-state index >= 15 is 0 Å². The van der Waals surface area contributed by atoms with Crippen LogP contribution in [0, 0.1) is 12.3 Å². The third-order valence-electron chi connectivity index (χ3n) is 2.31. The number of nitrogens with zero attached hydrogens (tertiary/aromatic N) is 1. The minimum atomic E-state index is -0.260. The Morgan fingerprint density at radius 3 is 2.83 bits per heavy atom. The van der Waals surface area contributed by atoms with Gasteiger partial charge in [0.15, 0.2) is 0 Å². The predicted octanol–water partition coefficient (Wildman–Crippen LogP) is 2.20. The number of terminal acetylenes is 1. The molecular weight excluding hydrogens is 294 g/mol. The molecule has 2 aromatic rings. The van der Waals surface area contributed by atoms with Crippen molar-refractivity contribution in [2.75, 3.05) is 6.54 Å². The van der Waals surface area contributed by atoms with Gasteiger partial charge in [0.2, 0.25) is 0 Å². The molecule has 0 saturated heterocycles. The van der Waals surface area contributed by atoms with E-state index in [1.807, 2.05) is 24.3 Å². The summed E-state index contributed by atoms with van der Waals surface area (Å²) in [4.78, 5) is 11.6. The first-order valence-corrected chi connectivity index (χ1v) is 6.03. The van der Waals surface area contributed by atoms with Crippen molar-refractivity contribution in [1.29, 1.82) is 0 Å². The maximum absolute atomic E-state index is 11.6. The Kier molecular flexibility index (Phi) is 3.80. The first kappa shape index (κ1) is 12.4. The standard InChI is InChI=1S/C13H10BrN3O/c1-2-7-15-13(18)12-8-11(16-17-12)9-3-5-10(14)6-4-9/h1,3-6,8H,7H2,(H,15,18)(H,16,17). The lowest BCUT2D eigenvalue weighted by Gasteiger charge is -1.96. The summed E-state index contributed by atoms with van der Waals surface area (Å²) in [7, 11) is 0. The molecule has 0 radical (unpaired) electrons. The fourth-order valence-corrected chi connectivity index (χ4v) is 1.70. The summed E-state index contributed by atoms with van der Waals surface area (Å²) in [5, 5.41) is 9.35. The highest BCUT2D eigenvalue weighted by Crippen LogP contribution is 2.20. The van der Waals surface area contributed by atoms with Gasteiger partial charge in [-0.2, -0.15) is 5.10 Å². The molecule has 0 fully saturated rings. The van der Waals surface area contributed by atoms with Gasteiger partial charge in [-0.1, -0.05) is 34.0 Å². The van der Waals surface area contributed by atoms with Crippen LogP contribution in [0.3, 0.4) is 0 Å². The summed E-state index contributed by atoms with van der Waals surface area (Å²) in [5.74, 6) is 2.08. The molecule has 0 aliphatic rings. The molecule has 0 aliphatic heterocycles. The van der Waals surface area contributed by atoms with E-state index in [4.69, 9.17) is 6.42 Å². The lowest BCUT2D eigenvalue weighted by atomic mass is 10.1. The quantitative estimate of drug-likeness (QED) is 0.854. The zero-order chi connectivity index (χ0) is 13.0. The van der Waals surface area contributed by atoms with Gasteiger partial charge < -0.3 is 5.32 Å². The Bertz CT molecular complexity index is 595. The number of carbonyl (C=O) groups is 1. The summed E-state index contributed by atoms with van der Waals surface area (Å²) < 4.78 is 0.994. The Morgan fingerprint density at radius 1 is 1.44 bits per heavy atom. The molecule has 90 valence electrons. The molecule has 1 heterocycles. The molecule has 1 amide bonds. The van der Waals surface area contributed by atoms with Crippen LogP contribution >= 0.6 is 15.9 Å². The zero-order valence-electron chi connectivity index (χ0n) is 9.40. The van der Waals surface area contributed by atoms with Crippen LogP contribution in [-0.2, 0) is 0 Å². The number of benzene rings is 1. The van der Waals surface area contributed by atoms with Gasteiger partial charge in [-0.3, -0.25) is 9.89 Å². The van der Waals surface area contributed by atoms with E-state index in [9.17, 15) is 4.79 Å². The van der Waals surface area contributed by atoms with Gasteiger partial charge in [-0.05, 0) is 18.2 Å². The van der Waals surface area contributed by atoms with Gasteiger partial charge >= 0.3 is 0 Å². The van der Waals surface area contributed by atoms with Crippen LogP contribution < -0.4 is 5.32 Å². The molecule has 18 heavy (non-hydrogen) atoms. The fourth-order valence-electron chi connectivity index (χ4n) is 1.43. The van der Waals surface area contributed by atoms with E-state index in [1.165, 1.54) is 0 Å². The molecule has 0 bridgehead atoms. The second-order valence-electron chi connectivity index (χ2n) is 3.56. The molecule has 0 atom stereocenters. The van der Waals surface area contributed by atoms with Crippen molar-refractivity contribution < 1.29 is 4.79 Å². The molecule has 0 saturated carbocycles. The number of rotatable bonds is 3. The Morgan fingerprint density at radius 2 is 2.17 bits per heavy atom. The van der Waals surface area contributed by atoms with Crippen molar-refractivity contribution in [3.63, 3.8) is 0 Å². The normalized spacial score (nSPS) is 9.78. The van der Waals surface area contributed by atoms with E-state index in [0.717, 1.165) is 10.0 Å². The number of aromatic amines is 1. The van der Waals surface area contributed by atoms with Crippen molar-refractivity contribution in [3.8, 4) is 23.6 Å². The first-order valence-electron chi connectivity index (χ1n) is 5.23. The second kappa shape index (κ2) is 5.52. The van der Waals surface area contributed by atoms with Crippen LogP contribution in [0.15, 0.2) is 34.8 Å². The second-order valence-corrected chi connectivity index (χ2v) is 4.48. The Hall–Kier alpha value is -2.06. The highest BCUT2D eigenvalue weighted by Gasteiger charge is 2.09. The average Bonchev–Trinajstić information content (AvgIpc) is 2.86. The third-order valence-corrected chi connectivity index (χ3v) is 2.84. The lowest BCUT2D eigenvalue weighted by Crippen LogP contribution is -2.23. The number of hydrogen-bond acceptors (Lipinski definition) is 2. The number of amides is 1. The van der Waals surface area contributed by atoms with Crippen LogP contribution in [0.4, 0.5) is 0 Å². The molecular formula is C13H10BrN3O. The van der Waals surface area contributed by atoms with Crippen molar-refractivity contribution in [2.24, 2.45) is 0 Å². The predicted molar refractivity (Wildman–Crippen MR) is 72.9 cm³/mol. The van der Waals surface area contributed by atoms with Crippen LogP contribution in [-0.4, -0.2) is 22.6 Å². The van der Waals surface area contributed by atoms with Crippen molar-refractivity contribution in [3.05, 3.63) is 40.5 Å². The number of carbonyl (C=O) groups excluding carboxylic acids is 1. The van der Waals surface area contributed by atoms with Crippen molar-refractivity contribution in [1.82, 2.24) is 15.5 Å². The molecule has 1 aromatic heterocycles. The van der Waals surface area contributed by atoms with Crippen molar-refractivity contribution in [2.45, 2.75) is 0 Å². The molecule has 0 aliphatic carbocycles. The van der Waals surface area contributed by atoms with E-state index in [2.05, 4.69) is 37.4 Å². The maximum Gasteiger partial charge on any atom is 0.270 e. The highest BCUT2D eigenvalue weighted by atomic mass is 79.9. The molecule has 1 aromatic carbocycles. The average molecular weight is 304 g/mol. The minimum Gasteiger partial charge on any atom is -0.340 e. The minimum absolute atomic E-state index is 0.200. The summed E-state index contributed by atoms with van der Waals surface area (Å²) in [5.41, 5.74) is 2.04. The van der Waals surface area contributed by atoms with Crippen LogP contribution in [0.2, 0.25) is 0 Å². The topological polar surface area (TPSA) is 57.8 Å². The SMILES string of the molecule is C#CCNC(=O)c1cc(-c2ccc(Br)cc2)n[nH]1. The summed E-state index contributed by atoms with van der Waals surface area (Å²) in [6.45, 7) is 0.200. The van der Waals surface area contributed by atoms with Crippen LogP contribution in [0.25, 0.3) is 11.3 Å². The van der Waals surface area contributed by atoms with E-state index in [1.54, 1.807) is 6.07 Å². The number of hydrogen-bond donors (Lipinski definition) is 2. The van der Waals surface area contributed by atoms with Gasteiger partial charge in [0.1, 0.15) is 5.69 Å². The summed E-state index contributed by atoms with van der Waals surface area (Å²) in [6, 6.07) is 9.37. The fraction of sp³-hybridized carbons (Fsp3) is 0.0769. The highest BCUT2D eigenvalue weighted by molar-refractivity contribution is 9.10. The summed E-state index contributed by atoms with van der Waals surface area (Å²) >= 11 is 3.36. The Labute approximate surface area is 113 Å². The third kappa shape index (κ3) is 2.79.